The molecular weight excluding hydrogens is 389 g/mol. The lowest BCUT2D eigenvalue weighted by Gasteiger charge is -2.23. The molecule has 2 heterocycles. The molecule has 0 bridgehead atoms. The van der Waals surface area contributed by atoms with Crippen LogP contribution < -0.4 is 0 Å². The second kappa shape index (κ2) is 9.29. The van der Waals surface area contributed by atoms with E-state index in [1.165, 1.54) is 0 Å². The maximum Gasteiger partial charge on any atom is 0.365 e. The SMILES string of the molecule is CCOP(=O)(OCC)C(=C1SCCCS1)c1cc(-c2ccccc2)on1. The number of aromatic nitrogens is 1. The molecule has 1 aromatic heterocycles. The summed E-state index contributed by atoms with van der Waals surface area (Å²) in [7, 11) is -3.48. The second-order valence-electron chi connectivity index (χ2n) is 5.46. The lowest BCUT2D eigenvalue weighted by molar-refractivity contribution is 0.230. The van der Waals surface area contributed by atoms with Crippen molar-refractivity contribution in [3.63, 3.8) is 0 Å². The molecule has 0 atom stereocenters. The number of rotatable bonds is 7. The van der Waals surface area contributed by atoms with Crippen LogP contribution in [0.2, 0.25) is 0 Å². The zero-order chi connectivity index (χ0) is 18.4. The van der Waals surface area contributed by atoms with Gasteiger partial charge >= 0.3 is 7.60 Å². The van der Waals surface area contributed by atoms with Crippen molar-refractivity contribution in [2.75, 3.05) is 24.7 Å². The fourth-order valence-electron chi connectivity index (χ4n) is 2.56. The Kier molecular flexibility index (Phi) is 7.06. The number of nitrogens with zero attached hydrogens (tertiary/aromatic N) is 1. The molecule has 140 valence electrons. The highest BCUT2D eigenvalue weighted by Gasteiger charge is 2.37. The third-order valence-corrected chi connectivity index (χ3v) is 8.76. The van der Waals surface area contributed by atoms with Gasteiger partial charge in [-0.3, -0.25) is 4.57 Å². The van der Waals surface area contributed by atoms with E-state index in [4.69, 9.17) is 13.6 Å². The fourth-order valence-corrected chi connectivity index (χ4v) is 7.68. The average molecular weight is 411 g/mol. The van der Waals surface area contributed by atoms with Gasteiger partial charge in [-0.2, -0.15) is 0 Å². The Labute approximate surface area is 162 Å². The average Bonchev–Trinajstić information content (AvgIpc) is 3.13. The molecule has 1 saturated heterocycles. The molecule has 1 aromatic carbocycles. The molecule has 0 spiro atoms. The standard InChI is InChI=1S/C18H22NO4PS2/c1-3-21-24(20,22-4-2)17(18-25-11-8-12-26-18)15-13-16(23-19-15)14-9-6-5-7-10-14/h5-7,9-10,13H,3-4,8,11-12H2,1-2H3. The van der Waals surface area contributed by atoms with Crippen molar-refractivity contribution in [3.05, 3.63) is 46.3 Å². The molecule has 0 radical (unpaired) electrons. The van der Waals surface area contributed by atoms with Crippen LogP contribution in [-0.4, -0.2) is 29.9 Å². The highest BCUT2D eigenvalue weighted by Crippen LogP contribution is 2.64. The molecule has 0 aliphatic carbocycles. The van der Waals surface area contributed by atoms with Crippen LogP contribution in [0.5, 0.6) is 0 Å². The minimum absolute atomic E-state index is 0.298. The quantitative estimate of drug-likeness (QED) is 0.510. The summed E-state index contributed by atoms with van der Waals surface area (Å²) >= 11 is 3.36. The van der Waals surface area contributed by atoms with Crippen LogP contribution in [0, 0.1) is 0 Å². The Morgan fingerprint density at radius 3 is 2.42 bits per heavy atom. The third-order valence-electron chi connectivity index (χ3n) is 3.63. The summed E-state index contributed by atoms with van der Waals surface area (Å²) < 4.78 is 31.3. The van der Waals surface area contributed by atoms with Gasteiger partial charge in [-0.15, -0.1) is 23.5 Å². The monoisotopic (exact) mass is 411 g/mol. The van der Waals surface area contributed by atoms with Crippen molar-refractivity contribution < 1.29 is 18.1 Å². The molecule has 1 fully saturated rings. The van der Waals surface area contributed by atoms with Crippen molar-refractivity contribution in [2.24, 2.45) is 0 Å². The molecule has 3 rings (SSSR count). The fraction of sp³-hybridized carbons (Fsp3) is 0.389. The number of hydrogen-bond donors (Lipinski definition) is 0. The minimum Gasteiger partial charge on any atom is -0.356 e. The largest absolute Gasteiger partial charge is 0.365 e. The first-order valence-electron chi connectivity index (χ1n) is 8.60. The summed E-state index contributed by atoms with van der Waals surface area (Å²) in [5, 5.41) is 4.74. The van der Waals surface area contributed by atoms with Crippen LogP contribution in [0.3, 0.4) is 0 Å². The normalized spacial score (nSPS) is 15.2. The molecule has 1 aliphatic heterocycles. The summed E-state index contributed by atoms with van der Waals surface area (Å²) in [5.74, 6) is 2.59. The van der Waals surface area contributed by atoms with Crippen molar-refractivity contribution in [3.8, 4) is 11.3 Å². The Bertz CT molecular complexity index is 789. The molecule has 8 heteroatoms. The Hall–Kier alpha value is -0.980. The van der Waals surface area contributed by atoms with Crippen molar-refractivity contribution in [2.45, 2.75) is 20.3 Å². The van der Waals surface area contributed by atoms with E-state index >= 15 is 0 Å². The van der Waals surface area contributed by atoms with E-state index in [0.29, 0.717) is 30.0 Å². The molecule has 5 nitrogen and oxygen atoms in total. The lowest BCUT2D eigenvalue weighted by atomic mass is 10.2. The van der Waals surface area contributed by atoms with Gasteiger partial charge in [-0.25, -0.2) is 0 Å². The van der Waals surface area contributed by atoms with Gasteiger partial charge < -0.3 is 13.6 Å². The highest BCUT2D eigenvalue weighted by atomic mass is 32.2. The molecule has 0 N–H and O–H groups in total. The van der Waals surface area contributed by atoms with E-state index in [1.807, 2.05) is 50.2 Å². The molecule has 0 unspecified atom stereocenters. The molecule has 0 amide bonds. The second-order valence-corrected chi connectivity index (χ2v) is 9.89. The first kappa shape index (κ1) is 19.8. The van der Waals surface area contributed by atoms with E-state index < -0.39 is 7.60 Å². The van der Waals surface area contributed by atoms with Crippen molar-refractivity contribution >= 4 is 36.4 Å². The number of benzene rings is 1. The third kappa shape index (κ3) is 4.46. The summed E-state index contributed by atoms with van der Waals surface area (Å²) in [4.78, 5) is 0. The van der Waals surface area contributed by atoms with E-state index in [-0.39, 0.29) is 0 Å². The highest BCUT2D eigenvalue weighted by molar-refractivity contribution is 8.23. The maximum absolute atomic E-state index is 13.5. The number of hydrogen-bond acceptors (Lipinski definition) is 7. The maximum atomic E-state index is 13.5. The first-order chi connectivity index (χ1) is 12.7. The molecule has 2 aromatic rings. The minimum atomic E-state index is -3.48. The van der Waals surface area contributed by atoms with Crippen molar-refractivity contribution in [1.82, 2.24) is 5.16 Å². The van der Waals surface area contributed by atoms with Crippen molar-refractivity contribution in [1.29, 1.82) is 0 Å². The summed E-state index contributed by atoms with van der Waals surface area (Å²) in [6.07, 6.45) is 1.12. The van der Waals surface area contributed by atoms with Gasteiger partial charge in [0.05, 0.1) is 17.5 Å². The smallest absolute Gasteiger partial charge is 0.356 e. The van der Waals surface area contributed by atoms with Crippen LogP contribution in [0.25, 0.3) is 16.6 Å². The Balaban J connectivity index is 2.07. The summed E-state index contributed by atoms with van der Waals surface area (Å²) in [6, 6.07) is 11.5. The topological polar surface area (TPSA) is 61.6 Å². The predicted octanol–water partition coefficient (Wildman–Crippen LogP) is 6.10. The summed E-state index contributed by atoms with van der Waals surface area (Å²) in [6.45, 7) is 4.22. The van der Waals surface area contributed by atoms with E-state index in [2.05, 4.69) is 5.16 Å². The molecule has 0 saturated carbocycles. The Morgan fingerprint density at radius 1 is 1.15 bits per heavy atom. The van der Waals surface area contributed by atoms with Gasteiger partial charge in [-0.1, -0.05) is 35.5 Å². The first-order valence-corrected chi connectivity index (χ1v) is 12.1. The van der Waals surface area contributed by atoms with Gasteiger partial charge in [0.25, 0.3) is 0 Å². The van der Waals surface area contributed by atoms with Gasteiger partial charge in [0.1, 0.15) is 11.0 Å². The van der Waals surface area contributed by atoms with Crippen LogP contribution in [0.15, 0.2) is 45.2 Å². The lowest BCUT2D eigenvalue weighted by Crippen LogP contribution is -2.03. The van der Waals surface area contributed by atoms with Crippen LogP contribution in [0.1, 0.15) is 26.0 Å². The zero-order valence-electron chi connectivity index (χ0n) is 14.8. The number of thioether (sulfide) groups is 2. The van der Waals surface area contributed by atoms with Crippen LogP contribution in [0.4, 0.5) is 0 Å². The molecular formula is C18H22NO4PS2. The van der Waals surface area contributed by atoms with Gasteiger partial charge in [0.2, 0.25) is 0 Å². The van der Waals surface area contributed by atoms with E-state index in [9.17, 15) is 4.57 Å². The van der Waals surface area contributed by atoms with E-state index in [1.54, 1.807) is 23.5 Å². The summed E-state index contributed by atoms with van der Waals surface area (Å²) in [5.41, 5.74) is 1.44. The molecule has 26 heavy (non-hydrogen) atoms. The predicted molar refractivity (Wildman–Crippen MR) is 109 cm³/mol. The zero-order valence-corrected chi connectivity index (χ0v) is 17.4. The van der Waals surface area contributed by atoms with Gasteiger partial charge in [0, 0.05) is 11.6 Å². The van der Waals surface area contributed by atoms with Gasteiger partial charge in [-0.05, 0) is 31.8 Å². The Morgan fingerprint density at radius 2 is 1.81 bits per heavy atom. The molecule has 1 aliphatic rings. The van der Waals surface area contributed by atoms with Crippen LogP contribution >= 0.6 is 31.1 Å². The van der Waals surface area contributed by atoms with E-state index in [0.717, 1.165) is 27.7 Å². The van der Waals surface area contributed by atoms with Gasteiger partial charge in [0.15, 0.2) is 5.76 Å². The van der Waals surface area contributed by atoms with Crippen LogP contribution in [-0.2, 0) is 13.6 Å².